The molecular formula is C11H20F4O. The first-order valence-electron chi connectivity index (χ1n) is 5.45. The fourth-order valence-electron chi connectivity index (χ4n) is 1.03. The number of hydrogen-bond acceptors (Lipinski definition) is 1. The van der Waals surface area contributed by atoms with Gasteiger partial charge in [0.15, 0.2) is 0 Å². The molecule has 0 rings (SSSR count). The second-order valence-electron chi connectivity index (χ2n) is 4.67. The topological polar surface area (TPSA) is 9.23 Å². The fraction of sp³-hybridized carbons (Fsp3) is 1.00. The van der Waals surface area contributed by atoms with Crippen LogP contribution in [0.15, 0.2) is 0 Å². The Labute approximate surface area is 94.2 Å². The average Bonchev–Trinajstić information content (AvgIpc) is 2.16. The molecular weight excluding hydrogens is 224 g/mol. The highest BCUT2D eigenvalue weighted by Gasteiger charge is 2.65. The first-order chi connectivity index (χ1) is 7.02. The smallest absolute Gasteiger partial charge is 0.313 e. The van der Waals surface area contributed by atoms with Gasteiger partial charge in [-0.05, 0) is 19.8 Å². The van der Waals surface area contributed by atoms with Crippen molar-refractivity contribution in [3.05, 3.63) is 0 Å². The van der Waals surface area contributed by atoms with Crippen LogP contribution >= 0.6 is 0 Å². The Bertz CT molecular complexity index is 226. The monoisotopic (exact) mass is 244 g/mol. The molecule has 0 N–H and O–H groups in total. The van der Waals surface area contributed by atoms with Gasteiger partial charge in [0.2, 0.25) is 0 Å². The summed E-state index contributed by atoms with van der Waals surface area (Å²) in [5, 5.41) is 0. The second kappa shape index (κ2) is 4.90. The van der Waals surface area contributed by atoms with Crippen molar-refractivity contribution in [3.63, 3.8) is 0 Å². The maximum atomic E-state index is 13.6. The van der Waals surface area contributed by atoms with Crippen LogP contribution in [0.3, 0.4) is 0 Å². The Morgan fingerprint density at radius 3 is 1.81 bits per heavy atom. The summed E-state index contributed by atoms with van der Waals surface area (Å²) in [5.41, 5.74) is -1.80. The van der Waals surface area contributed by atoms with Crippen molar-refractivity contribution < 1.29 is 22.3 Å². The Morgan fingerprint density at radius 1 is 1.06 bits per heavy atom. The minimum Gasteiger partial charge on any atom is -0.313 e. The molecule has 0 aliphatic heterocycles. The second-order valence-corrected chi connectivity index (χ2v) is 4.67. The summed E-state index contributed by atoms with van der Waals surface area (Å²) >= 11 is 0. The molecule has 0 aliphatic rings. The Balaban J connectivity index is 4.98. The molecule has 0 bridgehead atoms. The molecule has 16 heavy (non-hydrogen) atoms. The van der Waals surface area contributed by atoms with E-state index in [1.165, 1.54) is 13.8 Å². The van der Waals surface area contributed by atoms with Crippen LogP contribution in [0.4, 0.5) is 17.6 Å². The summed E-state index contributed by atoms with van der Waals surface area (Å²) in [4.78, 5) is 0. The number of rotatable bonds is 6. The highest BCUT2D eigenvalue weighted by atomic mass is 19.3. The zero-order chi connectivity index (χ0) is 13.2. The predicted molar refractivity (Wildman–Crippen MR) is 54.8 cm³/mol. The molecule has 0 aromatic rings. The molecule has 0 fully saturated rings. The van der Waals surface area contributed by atoms with E-state index in [0.717, 1.165) is 13.8 Å². The van der Waals surface area contributed by atoms with Gasteiger partial charge in [-0.25, -0.2) is 0 Å². The van der Waals surface area contributed by atoms with E-state index in [9.17, 15) is 17.6 Å². The Morgan fingerprint density at radius 2 is 1.50 bits per heavy atom. The van der Waals surface area contributed by atoms with Crippen LogP contribution < -0.4 is 0 Å². The summed E-state index contributed by atoms with van der Waals surface area (Å²) in [7, 11) is 0. The van der Waals surface area contributed by atoms with Crippen LogP contribution in [0.2, 0.25) is 0 Å². The van der Waals surface area contributed by atoms with Crippen molar-refractivity contribution in [3.8, 4) is 0 Å². The molecule has 0 amide bonds. The molecule has 0 radical (unpaired) electrons. The maximum Gasteiger partial charge on any atom is 0.420 e. The first kappa shape index (κ1) is 15.7. The number of hydrogen-bond donors (Lipinski definition) is 0. The largest absolute Gasteiger partial charge is 0.420 e. The Kier molecular flexibility index (Phi) is 4.80. The van der Waals surface area contributed by atoms with E-state index in [4.69, 9.17) is 0 Å². The van der Waals surface area contributed by atoms with E-state index in [1.54, 1.807) is 6.92 Å². The fourth-order valence-corrected chi connectivity index (χ4v) is 1.03. The highest BCUT2D eigenvalue weighted by molar-refractivity contribution is 4.91. The van der Waals surface area contributed by atoms with Gasteiger partial charge in [0.1, 0.15) is 0 Å². The van der Waals surface area contributed by atoms with Crippen molar-refractivity contribution >= 4 is 0 Å². The van der Waals surface area contributed by atoms with E-state index >= 15 is 0 Å². The lowest BCUT2D eigenvalue weighted by molar-refractivity contribution is -0.386. The van der Waals surface area contributed by atoms with Gasteiger partial charge in [-0.15, -0.1) is 0 Å². The van der Waals surface area contributed by atoms with E-state index in [1.807, 2.05) is 0 Å². The van der Waals surface area contributed by atoms with Crippen LogP contribution in [0.5, 0.6) is 0 Å². The normalized spacial score (nSPS) is 16.3. The average molecular weight is 244 g/mol. The lowest BCUT2D eigenvalue weighted by atomic mass is 9.82. The minimum absolute atomic E-state index is 0.0561. The summed E-state index contributed by atoms with van der Waals surface area (Å²) in [6, 6.07) is 0. The van der Waals surface area contributed by atoms with E-state index in [2.05, 4.69) is 4.74 Å². The predicted octanol–water partition coefficient (Wildman–Crippen LogP) is 4.47. The summed E-state index contributed by atoms with van der Waals surface area (Å²) in [6.07, 6.45) is -5.12. The lowest BCUT2D eigenvalue weighted by Gasteiger charge is -2.38. The third kappa shape index (κ3) is 2.87. The van der Waals surface area contributed by atoms with Crippen LogP contribution in [0.25, 0.3) is 0 Å². The van der Waals surface area contributed by atoms with Gasteiger partial charge in [0.25, 0.3) is 0 Å². The molecule has 0 saturated heterocycles. The highest BCUT2D eigenvalue weighted by Crippen LogP contribution is 2.49. The molecule has 1 unspecified atom stereocenters. The van der Waals surface area contributed by atoms with E-state index < -0.39 is 23.6 Å². The van der Waals surface area contributed by atoms with Crippen molar-refractivity contribution in [2.75, 3.05) is 0 Å². The third-order valence-corrected chi connectivity index (χ3v) is 3.02. The Hall–Kier alpha value is -0.320. The summed E-state index contributed by atoms with van der Waals surface area (Å²) in [5.74, 6) is -4.18. The zero-order valence-electron chi connectivity index (χ0n) is 10.4. The van der Waals surface area contributed by atoms with Gasteiger partial charge in [0.05, 0.1) is 6.10 Å². The molecule has 0 aliphatic carbocycles. The van der Waals surface area contributed by atoms with Crippen molar-refractivity contribution in [2.45, 2.75) is 65.6 Å². The van der Waals surface area contributed by atoms with Crippen molar-refractivity contribution in [1.29, 1.82) is 0 Å². The standard InChI is InChI=1S/C11H20F4O/c1-6-8(3)16-11(14,15)10(12,13)9(4,5)7-2/h8H,6-7H2,1-5H3. The SMILES string of the molecule is CCC(C)OC(F)(F)C(F)(F)C(C)(C)CC. The van der Waals surface area contributed by atoms with Crippen molar-refractivity contribution in [1.82, 2.24) is 0 Å². The van der Waals surface area contributed by atoms with Crippen LogP contribution in [-0.2, 0) is 4.74 Å². The van der Waals surface area contributed by atoms with E-state index in [0.29, 0.717) is 0 Å². The number of alkyl halides is 4. The van der Waals surface area contributed by atoms with E-state index in [-0.39, 0.29) is 12.8 Å². The van der Waals surface area contributed by atoms with Gasteiger partial charge in [-0.2, -0.15) is 17.6 Å². The molecule has 0 aromatic heterocycles. The van der Waals surface area contributed by atoms with Crippen LogP contribution in [0.1, 0.15) is 47.5 Å². The third-order valence-electron chi connectivity index (χ3n) is 3.02. The molecule has 0 spiro atoms. The van der Waals surface area contributed by atoms with Crippen molar-refractivity contribution in [2.24, 2.45) is 5.41 Å². The molecule has 0 heterocycles. The van der Waals surface area contributed by atoms with Gasteiger partial charge in [-0.1, -0.05) is 27.7 Å². The first-order valence-corrected chi connectivity index (χ1v) is 5.45. The molecule has 1 nitrogen and oxygen atoms in total. The maximum absolute atomic E-state index is 13.6. The van der Waals surface area contributed by atoms with Crippen LogP contribution in [-0.4, -0.2) is 18.1 Å². The molecule has 0 aromatic carbocycles. The van der Waals surface area contributed by atoms with Gasteiger partial charge in [0, 0.05) is 5.41 Å². The molecule has 5 heteroatoms. The van der Waals surface area contributed by atoms with Gasteiger partial charge >= 0.3 is 12.0 Å². The molecule has 1 atom stereocenters. The number of halogens is 4. The quantitative estimate of drug-likeness (QED) is 0.626. The lowest BCUT2D eigenvalue weighted by Crippen LogP contribution is -2.53. The zero-order valence-corrected chi connectivity index (χ0v) is 10.4. The summed E-state index contributed by atoms with van der Waals surface area (Å²) in [6.45, 7) is 6.63. The molecule has 0 saturated carbocycles. The summed E-state index contributed by atoms with van der Waals surface area (Å²) < 4.78 is 58.1. The van der Waals surface area contributed by atoms with Gasteiger partial charge < -0.3 is 4.74 Å². The minimum atomic E-state index is -4.43. The number of ether oxygens (including phenoxy) is 1. The van der Waals surface area contributed by atoms with Gasteiger partial charge in [-0.3, -0.25) is 0 Å². The van der Waals surface area contributed by atoms with Crippen LogP contribution in [0, 0.1) is 5.41 Å². The molecule has 98 valence electrons.